The van der Waals surface area contributed by atoms with E-state index in [0.717, 1.165) is 53.8 Å². The Hall–Kier alpha value is -4.37. The van der Waals surface area contributed by atoms with E-state index in [1.165, 1.54) is 0 Å². The molecule has 3 heterocycles. The average molecular weight is 540 g/mol. The van der Waals surface area contributed by atoms with Crippen LogP contribution < -0.4 is 20.3 Å². The Morgan fingerprint density at radius 2 is 1.95 bits per heavy atom. The minimum atomic E-state index is -0.121. The number of fused-ring (bicyclic) bond motifs is 1. The normalized spacial score (nSPS) is 14.0. The first kappa shape index (κ1) is 27.2. The Morgan fingerprint density at radius 1 is 1.18 bits per heavy atom. The number of hydrogen-bond donors (Lipinski definition) is 2. The molecule has 40 heavy (non-hydrogen) atoms. The van der Waals surface area contributed by atoms with E-state index in [1.807, 2.05) is 37.4 Å². The molecule has 0 aliphatic carbocycles. The number of para-hydroxylation sites is 1. The Bertz CT molecular complexity index is 1520. The van der Waals surface area contributed by atoms with Gasteiger partial charge in [0, 0.05) is 67.5 Å². The molecular weight excluding hydrogens is 502 g/mol. The van der Waals surface area contributed by atoms with Crippen molar-refractivity contribution in [3.8, 4) is 17.0 Å². The van der Waals surface area contributed by atoms with Crippen LogP contribution in [0.2, 0.25) is 0 Å². The first-order chi connectivity index (χ1) is 19.4. The Labute approximate surface area is 235 Å². The highest BCUT2D eigenvalue weighted by Crippen LogP contribution is 2.39. The molecule has 2 aromatic carbocycles. The van der Waals surface area contributed by atoms with Gasteiger partial charge in [-0.15, -0.1) is 6.58 Å². The molecule has 208 valence electrons. The number of hydrogen-bond acceptors (Lipinski definition) is 7. The van der Waals surface area contributed by atoms with Gasteiger partial charge in [-0.3, -0.25) is 4.79 Å². The van der Waals surface area contributed by atoms with Gasteiger partial charge in [0.05, 0.1) is 29.9 Å². The monoisotopic (exact) mass is 539 g/mol. The number of anilines is 4. The lowest BCUT2D eigenvalue weighted by Gasteiger charge is -2.37. The number of rotatable bonds is 9. The molecule has 9 heteroatoms. The second-order valence-corrected chi connectivity index (χ2v) is 10.4. The van der Waals surface area contributed by atoms with E-state index in [4.69, 9.17) is 9.72 Å². The number of carbonyl (C=O) groups excluding carboxylic acids is 1. The molecule has 4 aromatic rings. The molecule has 0 unspecified atom stereocenters. The van der Waals surface area contributed by atoms with E-state index in [1.54, 1.807) is 19.4 Å². The predicted octanol–water partition coefficient (Wildman–Crippen LogP) is 5.43. The number of nitrogens with zero attached hydrogens (tertiary/aromatic N) is 5. The van der Waals surface area contributed by atoms with Gasteiger partial charge in [0.2, 0.25) is 11.9 Å². The highest BCUT2D eigenvalue weighted by molar-refractivity contribution is 5.97. The SMILES string of the molecule is C=CCC(=O)Nc1cc(Nc2nccc(-c3cn(C)c4ccccc34)n2)c(OC)cc1N1CCC(N(C)C)CC1. The molecule has 1 saturated heterocycles. The summed E-state index contributed by atoms with van der Waals surface area (Å²) in [7, 11) is 7.93. The lowest BCUT2D eigenvalue weighted by Crippen LogP contribution is -2.42. The van der Waals surface area contributed by atoms with Crippen molar-refractivity contribution >= 4 is 39.8 Å². The van der Waals surface area contributed by atoms with Crippen molar-refractivity contribution in [3.05, 3.63) is 67.5 Å². The van der Waals surface area contributed by atoms with E-state index < -0.39 is 0 Å². The largest absolute Gasteiger partial charge is 0.494 e. The molecule has 9 nitrogen and oxygen atoms in total. The van der Waals surface area contributed by atoms with Gasteiger partial charge in [-0.05, 0) is 45.1 Å². The third-order valence-corrected chi connectivity index (χ3v) is 7.53. The van der Waals surface area contributed by atoms with Gasteiger partial charge < -0.3 is 29.7 Å². The van der Waals surface area contributed by atoms with Crippen LogP contribution in [0.5, 0.6) is 5.75 Å². The standard InChI is InChI=1S/C31H37N7O2/c1-6-9-30(39)33-25-18-26(29(40-5)19-28(25)38-16-13-21(14-17-38)36(2)3)35-31-32-15-12-24(34-31)23-20-37(4)27-11-8-7-10-22(23)27/h6-8,10-12,15,18-21H,1,9,13-14,16-17H2,2-5H3,(H,33,39)(H,32,34,35). The lowest BCUT2D eigenvalue weighted by atomic mass is 10.0. The summed E-state index contributed by atoms with van der Waals surface area (Å²) in [5.74, 6) is 0.960. The van der Waals surface area contributed by atoms with Crippen molar-refractivity contribution in [2.45, 2.75) is 25.3 Å². The highest BCUT2D eigenvalue weighted by Gasteiger charge is 2.24. The fraction of sp³-hybridized carbons (Fsp3) is 0.323. The maximum Gasteiger partial charge on any atom is 0.228 e. The Balaban J connectivity index is 1.48. The Morgan fingerprint density at radius 3 is 2.67 bits per heavy atom. The number of amides is 1. The molecule has 2 N–H and O–H groups in total. The molecule has 5 rings (SSSR count). The van der Waals surface area contributed by atoms with Gasteiger partial charge in [-0.25, -0.2) is 9.97 Å². The summed E-state index contributed by atoms with van der Waals surface area (Å²) in [5, 5.41) is 7.54. The lowest BCUT2D eigenvalue weighted by molar-refractivity contribution is -0.115. The van der Waals surface area contributed by atoms with E-state index in [0.29, 0.717) is 29.1 Å². The second kappa shape index (κ2) is 11.8. The summed E-state index contributed by atoms with van der Waals surface area (Å²) < 4.78 is 7.90. The maximum absolute atomic E-state index is 12.6. The van der Waals surface area contributed by atoms with E-state index in [-0.39, 0.29) is 12.3 Å². The van der Waals surface area contributed by atoms with Crippen LogP contribution in [0.25, 0.3) is 22.2 Å². The van der Waals surface area contributed by atoms with Crippen LogP contribution in [-0.2, 0) is 11.8 Å². The summed E-state index contributed by atoms with van der Waals surface area (Å²) in [6.07, 6.45) is 7.75. The van der Waals surface area contributed by atoms with Gasteiger partial charge in [-0.2, -0.15) is 0 Å². The van der Waals surface area contributed by atoms with Crippen LogP contribution in [0.4, 0.5) is 23.0 Å². The number of ether oxygens (including phenoxy) is 1. The fourth-order valence-corrected chi connectivity index (χ4v) is 5.39. The van der Waals surface area contributed by atoms with Crippen LogP contribution in [-0.4, -0.2) is 65.7 Å². The van der Waals surface area contributed by atoms with Gasteiger partial charge >= 0.3 is 0 Å². The molecule has 0 atom stereocenters. The fourth-order valence-electron chi connectivity index (χ4n) is 5.39. The first-order valence-corrected chi connectivity index (χ1v) is 13.6. The summed E-state index contributed by atoms with van der Waals surface area (Å²) >= 11 is 0. The smallest absolute Gasteiger partial charge is 0.228 e. The van der Waals surface area contributed by atoms with Crippen LogP contribution in [0, 0.1) is 0 Å². The first-order valence-electron chi connectivity index (χ1n) is 13.6. The van der Waals surface area contributed by atoms with Crippen molar-refractivity contribution in [2.75, 3.05) is 49.8 Å². The van der Waals surface area contributed by atoms with Crippen LogP contribution >= 0.6 is 0 Å². The van der Waals surface area contributed by atoms with Crippen molar-refractivity contribution in [2.24, 2.45) is 7.05 Å². The molecule has 0 radical (unpaired) electrons. The molecular formula is C31H37N7O2. The quantitative estimate of drug-likeness (QED) is 0.274. The average Bonchev–Trinajstić information content (AvgIpc) is 3.30. The molecule has 1 fully saturated rings. The third kappa shape index (κ3) is 5.65. The highest BCUT2D eigenvalue weighted by atomic mass is 16.5. The summed E-state index contributed by atoms with van der Waals surface area (Å²) in [6.45, 7) is 5.48. The van der Waals surface area contributed by atoms with Crippen LogP contribution in [0.1, 0.15) is 19.3 Å². The van der Waals surface area contributed by atoms with Crippen molar-refractivity contribution in [3.63, 3.8) is 0 Å². The number of nitrogens with one attached hydrogen (secondary N) is 2. The van der Waals surface area contributed by atoms with Crippen molar-refractivity contribution in [1.29, 1.82) is 0 Å². The zero-order valence-corrected chi connectivity index (χ0v) is 23.6. The number of carbonyl (C=O) groups is 1. The molecule has 1 aliphatic heterocycles. The van der Waals surface area contributed by atoms with Gasteiger partial charge in [0.25, 0.3) is 0 Å². The number of benzene rings is 2. The molecule has 1 aliphatic rings. The summed E-state index contributed by atoms with van der Waals surface area (Å²) in [5.41, 5.74) is 5.29. The molecule has 2 aromatic heterocycles. The van der Waals surface area contributed by atoms with E-state index in [2.05, 4.69) is 69.0 Å². The van der Waals surface area contributed by atoms with Gasteiger partial charge in [0.15, 0.2) is 0 Å². The van der Waals surface area contributed by atoms with Crippen molar-refractivity contribution < 1.29 is 9.53 Å². The van der Waals surface area contributed by atoms with Crippen LogP contribution in [0.15, 0.2) is 67.5 Å². The van der Waals surface area contributed by atoms with Gasteiger partial charge in [-0.1, -0.05) is 24.3 Å². The number of aromatic nitrogens is 3. The molecule has 0 spiro atoms. The van der Waals surface area contributed by atoms with Crippen molar-refractivity contribution in [1.82, 2.24) is 19.4 Å². The summed E-state index contributed by atoms with van der Waals surface area (Å²) in [6, 6.07) is 14.6. The number of aryl methyl sites for hydroxylation is 1. The predicted molar refractivity (Wildman–Crippen MR) is 163 cm³/mol. The molecule has 0 saturated carbocycles. The maximum atomic E-state index is 12.6. The minimum absolute atomic E-state index is 0.121. The number of methoxy groups -OCH3 is 1. The topological polar surface area (TPSA) is 87.5 Å². The molecule has 1 amide bonds. The zero-order valence-electron chi connectivity index (χ0n) is 23.6. The van der Waals surface area contributed by atoms with Crippen LogP contribution in [0.3, 0.4) is 0 Å². The van der Waals surface area contributed by atoms with E-state index in [9.17, 15) is 4.79 Å². The third-order valence-electron chi connectivity index (χ3n) is 7.53. The summed E-state index contributed by atoms with van der Waals surface area (Å²) in [4.78, 5) is 26.5. The molecule has 0 bridgehead atoms. The number of piperidine rings is 1. The minimum Gasteiger partial charge on any atom is -0.494 e. The van der Waals surface area contributed by atoms with Gasteiger partial charge in [0.1, 0.15) is 5.75 Å². The second-order valence-electron chi connectivity index (χ2n) is 10.4. The Kier molecular flexibility index (Phi) is 8.02. The zero-order chi connectivity index (χ0) is 28.2. The van der Waals surface area contributed by atoms with E-state index >= 15 is 0 Å².